The topological polar surface area (TPSA) is 12.9 Å². The molecular weight excluding hydrogens is 453 g/mol. The summed E-state index contributed by atoms with van der Waals surface area (Å²) in [5, 5.41) is 4.36. The SMILES string of the molecule is c1ccc(P(c2ccccc2)c2cc3ccc2CCc2ccc(c(Cc4ccccn4)c2)CC3)cc1. The molecule has 0 aliphatic heterocycles. The third-order valence-electron chi connectivity index (χ3n) is 7.15. The van der Waals surface area contributed by atoms with Crippen LogP contribution in [0.15, 0.2) is 121 Å². The Hall–Kier alpha value is -3.54. The van der Waals surface area contributed by atoms with Gasteiger partial charge in [0, 0.05) is 18.3 Å². The van der Waals surface area contributed by atoms with Crippen molar-refractivity contribution in [2.75, 3.05) is 0 Å². The summed E-state index contributed by atoms with van der Waals surface area (Å²) in [6, 6.07) is 42.9. The first-order valence-corrected chi connectivity index (χ1v) is 14.2. The fourth-order valence-corrected chi connectivity index (χ4v) is 7.83. The van der Waals surface area contributed by atoms with E-state index in [0.717, 1.165) is 37.8 Å². The van der Waals surface area contributed by atoms with Crippen LogP contribution in [0.3, 0.4) is 0 Å². The van der Waals surface area contributed by atoms with Gasteiger partial charge in [-0.1, -0.05) is 103 Å². The third kappa shape index (κ3) is 5.03. The molecule has 36 heavy (non-hydrogen) atoms. The average Bonchev–Trinajstić information content (AvgIpc) is 2.93. The van der Waals surface area contributed by atoms with Gasteiger partial charge in [-0.25, -0.2) is 0 Å². The highest BCUT2D eigenvalue weighted by Crippen LogP contribution is 2.35. The summed E-state index contributed by atoms with van der Waals surface area (Å²) >= 11 is 0. The molecule has 2 heteroatoms. The van der Waals surface area contributed by atoms with E-state index in [4.69, 9.17) is 0 Å². The van der Waals surface area contributed by atoms with E-state index in [9.17, 15) is 0 Å². The second kappa shape index (κ2) is 10.6. The van der Waals surface area contributed by atoms with Crippen LogP contribution >= 0.6 is 7.92 Å². The lowest BCUT2D eigenvalue weighted by Crippen LogP contribution is -2.24. The summed E-state index contributed by atoms with van der Waals surface area (Å²) in [7, 11) is -0.604. The zero-order valence-electron chi connectivity index (χ0n) is 20.5. The predicted molar refractivity (Wildman–Crippen MR) is 153 cm³/mol. The molecule has 4 aromatic carbocycles. The van der Waals surface area contributed by atoms with Crippen molar-refractivity contribution in [2.24, 2.45) is 0 Å². The molecule has 0 saturated heterocycles. The first-order valence-electron chi connectivity index (χ1n) is 12.9. The lowest BCUT2D eigenvalue weighted by molar-refractivity contribution is 0.902. The van der Waals surface area contributed by atoms with Crippen molar-refractivity contribution in [3.63, 3.8) is 0 Å². The van der Waals surface area contributed by atoms with Crippen LogP contribution in [-0.2, 0) is 32.1 Å². The van der Waals surface area contributed by atoms with Crippen molar-refractivity contribution in [2.45, 2.75) is 32.1 Å². The highest BCUT2D eigenvalue weighted by molar-refractivity contribution is 7.79. The molecule has 0 amide bonds. The molecule has 1 aromatic heterocycles. The smallest absolute Gasteiger partial charge is 0.0447 e. The van der Waals surface area contributed by atoms with Crippen molar-refractivity contribution in [1.29, 1.82) is 0 Å². The highest BCUT2D eigenvalue weighted by Gasteiger charge is 2.21. The number of nitrogens with zero attached hydrogens (tertiary/aromatic N) is 1. The Morgan fingerprint density at radius 3 is 1.83 bits per heavy atom. The molecule has 0 saturated carbocycles. The monoisotopic (exact) mass is 483 g/mol. The van der Waals surface area contributed by atoms with Crippen LogP contribution in [0.1, 0.15) is 33.5 Å². The standard InChI is InChI=1S/C34H30NP/c1-3-10-32(11-4-1)36(33-12-5-2-6-13-33)34-24-27-15-19-28-18-14-26(16-20-29(34)21-17-27)23-30(28)25-31-9-7-8-22-35-31/h1-14,17-18,21-24H,15-16,19-20,25H2. The normalized spacial score (nSPS) is 12.9. The first-order chi connectivity index (χ1) is 17.8. The molecule has 0 unspecified atom stereocenters. The predicted octanol–water partition coefficient (Wildman–Crippen LogP) is 6.31. The first kappa shape index (κ1) is 22.9. The van der Waals surface area contributed by atoms with Crippen molar-refractivity contribution in [3.8, 4) is 0 Å². The van der Waals surface area contributed by atoms with Gasteiger partial charge in [0.25, 0.3) is 0 Å². The minimum absolute atomic E-state index is 0.604. The molecule has 9 rings (SSSR count). The molecular formula is C34H30NP. The summed E-state index contributed by atoms with van der Waals surface area (Å²) in [5.74, 6) is 0. The van der Waals surface area contributed by atoms with Gasteiger partial charge in [0.2, 0.25) is 0 Å². The molecule has 0 N–H and O–H groups in total. The summed E-state index contributed by atoms with van der Waals surface area (Å²) in [6.07, 6.45) is 7.01. The van der Waals surface area contributed by atoms with Gasteiger partial charge in [0.1, 0.15) is 0 Å². The van der Waals surface area contributed by atoms with Gasteiger partial charge in [-0.05, 0) is 89.5 Å². The summed E-state index contributed by atoms with van der Waals surface area (Å²) in [4.78, 5) is 4.60. The van der Waals surface area contributed by atoms with Crippen LogP contribution in [0.25, 0.3) is 0 Å². The van der Waals surface area contributed by atoms with E-state index in [1.165, 1.54) is 43.7 Å². The minimum Gasteiger partial charge on any atom is -0.261 e. The Morgan fingerprint density at radius 2 is 1.17 bits per heavy atom. The van der Waals surface area contributed by atoms with Crippen molar-refractivity contribution >= 4 is 23.8 Å². The lowest BCUT2D eigenvalue weighted by Gasteiger charge is -2.24. The van der Waals surface area contributed by atoms with Gasteiger partial charge in [0.05, 0.1) is 0 Å². The third-order valence-corrected chi connectivity index (χ3v) is 9.68. The number of hydrogen-bond donors (Lipinski definition) is 0. The van der Waals surface area contributed by atoms with E-state index in [2.05, 4.69) is 114 Å². The summed E-state index contributed by atoms with van der Waals surface area (Å²) in [5.41, 5.74) is 8.35. The van der Waals surface area contributed by atoms with Crippen LogP contribution in [-0.4, -0.2) is 4.98 Å². The molecule has 0 spiro atoms. The number of rotatable bonds is 5. The van der Waals surface area contributed by atoms with Crippen LogP contribution in [0.5, 0.6) is 0 Å². The van der Waals surface area contributed by atoms with E-state index in [1.54, 1.807) is 0 Å². The fourth-order valence-electron chi connectivity index (χ4n) is 5.26. The number of hydrogen-bond acceptors (Lipinski definition) is 1. The van der Waals surface area contributed by atoms with E-state index in [1.807, 2.05) is 12.3 Å². The average molecular weight is 484 g/mol. The zero-order valence-corrected chi connectivity index (χ0v) is 21.4. The fraction of sp³-hybridized carbons (Fsp3) is 0.147. The second-order valence-corrected chi connectivity index (χ2v) is 11.8. The van der Waals surface area contributed by atoms with Gasteiger partial charge < -0.3 is 0 Å². The molecule has 1 heterocycles. The largest absolute Gasteiger partial charge is 0.261 e. The van der Waals surface area contributed by atoms with E-state index >= 15 is 0 Å². The maximum atomic E-state index is 4.60. The molecule has 176 valence electrons. The van der Waals surface area contributed by atoms with Crippen LogP contribution in [0.4, 0.5) is 0 Å². The van der Waals surface area contributed by atoms with Crippen LogP contribution in [0, 0.1) is 0 Å². The number of pyridine rings is 1. The Balaban J connectivity index is 1.39. The van der Waals surface area contributed by atoms with Gasteiger partial charge in [-0.2, -0.15) is 0 Å². The van der Waals surface area contributed by atoms with E-state index in [0.29, 0.717) is 0 Å². The summed E-state index contributed by atoms with van der Waals surface area (Å²) < 4.78 is 0. The molecule has 4 bridgehead atoms. The number of benzene rings is 4. The van der Waals surface area contributed by atoms with Crippen LogP contribution < -0.4 is 15.9 Å². The molecule has 0 fully saturated rings. The van der Waals surface area contributed by atoms with Crippen molar-refractivity contribution < 1.29 is 0 Å². The zero-order chi connectivity index (χ0) is 24.2. The molecule has 4 aliphatic carbocycles. The maximum Gasteiger partial charge on any atom is 0.0447 e. The molecule has 0 atom stereocenters. The number of aryl methyl sites for hydroxylation is 4. The van der Waals surface area contributed by atoms with Crippen LogP contribution in [0.2, 0.25) is 0 Å². The quantitative estimate of drug-likeness (QED) is 0.267. The molecule has 0 radical (unpaired) electrons. The Bertz CT molecular complexity index is 1410. The van der Waals surface area contributed by atoms with Gasteiger partial charge in [0.15, 0.2) is 0 Å². The number of aromatic nitrogens is 1. The summed E-state index contributed by atoms with van der Waals surface area (Å²) in [6.45, 7) is 0. The lowest BCUT2D eigenvalue weighted by atomic mass is 9.91. The van der Waals surface area contributed by atoms with E-state index < -0.39 is 7.92 Å². The Labute approximate surface area is 215 Å². The highest BCUT2D eigenvalue weighted by atomic mass is 31.1. The Kier molecular flexibility index (Phi) is 6.75. The minimum atomic E-state index is -0.604. The molecule has 4 aliphatic rings. The Morgan fingerprint density at radius 1 is 0.556 bits per heavy atom. The second-order valence-electron chi connectivity index (χ2n) is 9.57. The van der Waals surface area contributed by atoms with Gasteiger partial charge in [-0.15, -0.1) is 0 Å². The molecule has 1 nitrogen and oxygen atoms in total. The van der Waals surface area contributed by atoms with E-state index in [-0.39, 0.29) is 0 Å². The van der Waals surface area contributed by atoms with Gasteiger partial charge in [-0.3, -0.25) is 4.98 Å². The van der Waals surface area contributed by atoms with Crippen molar-refractivity contribution in [3.05, 3.63) is 155 Å². The van der Waals surface area contributed by atoms with Gasteiger partial charge >= 0.3 is 0 Å². The molecule has 5 aromatic rings. The van der Waals surface area contributed by atoms with Crippen molar-refractivity contribution in [1.82, 2.24) is 4.98 Å². The maximum absolute atomic E-state index is 4.60.